The fourth-order valence-electron chi connectivity index (χ4n) is 2.51. The second kappa shape index (κ2) is 8.49. The van der Waals surface area contributed by atoms with Gasteiger partial charge in [-0.2, -0.15) is 0 Å². The lowest BCUT2D eigenvalue weighted by Gasteiger charge is -2.25. The Hall–Kier alpha value is -2.45. The predicted molar refractivity (Wildman–Crippen MR) is 98.7 cm³/mol. The fraction of sp³-hybridized carbons (Fsp3) is 0.316. The molecule has 0 saturated carbocycles. The van der Waals surface area contributed by atoms with Crippen LogP contribution in [0.15, 0.2) is 48.5 Å². The van der Waals surface area contributed by atoms with E-state index in [1.54, 1.807) is 36.4 Å². The summed E-state index contributed by atoms with van der Waals surface area (Å²) in [6.07, 6.45) is 1.30. The normalized spacial score (nSPS) is 13.6. The van der Waals surface area contributed by atoms with Crippen molar-refractivity contribution < 1.29 is 27.5 Å². The number of hydrogen-bond donors (Lipinski definition) is 2. The summed E-state index contributed by atoms with van der Waals surface area (Å²) in [5.74, 6) is -0.700. The molecule has 0 saturated heterocycles. The van der Waals surface area contributed by atoms with Crippen LogP contribution >= 0.6 is 0 Å². The zero-order valence-corrected chi connectivity index (χ0v) is 15.9. The number of carbonyl (C=O) groups excluding carboxylic acids is 1. The first-order valence-corrected chi connectivity index (χ1v) is 10.2. The van der Waals surface area contributed by atoms with E-state index in [9.17, 15) is 17.6 Å². The van der Waals surface area contributed by atoms with E-state index in [0.29, 0.717) is 17.7 Å². The van der Waals surface area contributed by atoms with E-state index in [2.05, 4.69) is 0 Å². The van der Waals surface area contributed by atoms with Crippen LogP contribution in [0.1, 0.15) is 24.5 Å². The molecule has 1 atom stereocenters. The Morgan fingerprint density at radius 3 is 2.41 bits per heavy atom. The van der Waals surface area contributed by atoms with Crippen LogP contribution in [0.5, 0.6) is 5.75 Å². The van der Waals surface area contributed by atoms with Crippen LogP contribution in [-0.4, -0.2) is 30.5 Å². The van der Waals surface area contributed by atoms with Gasteiger partial charge in [0.15, 0.2) is 9.84 Å². The first-order chi connectivity index (χ1) is 12.7. The molecule has 0 aliphatic rings. The number of hydroxylamine groups is 1. The summed E-state index contributed by atoms with van der Waals surface area (Å²) >= 11 is 0. The summed E-state index contributed by atoms with van der Waals surface area (Å²) in [4.78, 5) is 11.8. The first kappa shape index (κ1) is 20.9. The average Bonchev–Trinajstić information content (AvgIpc) is 2.63. The molecule has 8 heteroatoms. The van der Waals surface area contributed by atoms with E-state index in [1.165, 1.54) is 24.5 Å². The van der Waals surface area contributed by atoms with Crippen LogP contribution in [0.2, 0.25) is 0 Å². The molecule has 1 amide bonds. The summed E-state index contributed by atoms with van der Waals surface area (Å²) in [5.41, 5.74) is 2.95. The Balaban J connectivity index is 1.99. The molecule has 146 valence electrons. The van der Waals surface area contributed by atoms with Crippen molar-refractivity contribution in [3.63, 3.8) is 0 Å². The molecule has 0 spiro atoms. The lowest BCUT2D eigenvalue weighted by atomic mass is 9.99. The van der Waals surface area contributed by atoms with Gasteiger partial charge in [0.25, 0.3) is 5.91 Å². The third-order valence-electron chi connectivity index (χ3n) is 4.51. The molecule has 2 rings (SSSR count). The van der Waals surface area contributed by atoms with Gasteiger partial charge in [0.1, 0.15) is 22.9 Å². The number of aryl methyl sites for hydroxylation is 1. The topological polar surface area (TPSA) is 92.7 Å². The summed E-state index contributed by atoms with van der Waals surface area (Å²) in [6, 6.07) is 13.1. The van der Waals surface area contributed by atoms with Gasteiger partial charge < -0.3 is 4.74 Å². The van der Waals surface area contributed by atoms with Gasteiger partial charge in [-0.3, -0.25) is 10.0 Å². The lowest BCUT2D eigenvalue weighted by Crippen LogP contribution is -2.49. The molecule has 0 aliphatic heterocycles. The van der Waals surface area contributed by atoms with Crippen LogP contribution in [-0.2, 0) is 27.7 Å². The van der Waals surface area contributed by atoms with Gasteiger partial charge in [0.2, 0.25) is 0 Å². The van der Waals surface area contributed by atoms with E-state index >= 15 is 0 Å². The molecule has 2 aromatic carbocycles. The molecule has 27 heavy (non-hydrogen) atoms. The Kier molecular flexibility index (Phi) is 6.56. The predicted octanol–water partition coefficient (Wildman–Crippen LogP) is 2.65. The number of hydrogen-bond acceptors (Lipinski definition) is 5. The van der Waals surface area contributed by atoms with Crippen molar-refractivity contribution in [3.05, 3.63) is 65.5 Å². The van der Waals surface area contributed by atoms with E-state index in [4.69, 9.17) is 9.94 Å². The van der Waals surface area contributed by atoms with Crippen LogP contribution in [0, 0.1) is 5.82 Å². The van der Waals surface area contributed by atoms with Crippen molar-refractivity contribution in [2.45, 2.75) is 31.1 Å². The van der Waals surface area contributed by atoms with Gasteiger partial charge in [-0.1, -0.05) is 24.3 Å². The van der Waals surface area contributed by atoms with Crippen molar-refractivity contribution in [1.82, 2.24) is 5.48 Å². The number of amides is 1. The van der Waals surface area contributed by atoms with Crippen LogP contribution in [0.3, 0.4) is 0 Å². The molecule has 0 fully saturated rings. The molecule has 2 aromatic rings. The highest BCUT2D eigenvalue weighted by atomic mass is 32.2. The molecule has 2 N–H and O–H groups in total. The third-order valence-corrected chi connectivity index (χ3v) is 6.54. The molecule has 0 aromatic heterocycles. The first-order valence-electron chi connectivity index (χ1n) is 8.26. The number of rotatable bonds is 8. The quantitative estimate of drug-likeness (QED) is 0.530. The minimum absolute atomic E-state index is 0.0156. The average molecular weight is 395 g/mol. The SMILES string of the molecule is CC(CCc1ccc(OCc2cccc(F)c2)cc1)(C(=O)NO)S(C)(=O)=O. The largest absolute Gasteiger partial charge is 0.489 e. The molecule has 6 nitrogen and oxygen atoms in total. The van der Waals surface area contributed by atoms with E-state index in [1.807, 2.05) is 0 Å². The van der Waals surface area contributed by atoms with Gasteiger partial charge in [-0.15, -0.1) is 0 Å². The highest BCUT2D eigenvalue weighted by molar-refractivity contribution is 7.92. The maximum absolute atomic E-state index is 13.2. The van der Waals surface area contributed by atoms with Gasteiger partial charge in [0, 0.05) is 6.26 Å². The van der Waals surface area contributed by atoms with Crippen molar-refractivity contribution in [2.24, 2.45) is 0 Å². The number of carbonyl (C=O) groups is 1. The third kappa shape index (κ3) is 5.27. The van der Waals surface area contributed by atoms with Crippen molar-refractivity contribution in [2.75, 3.05) is 6.26 Å². The van der Waals surface area contributed by atoms with Crippen LogP contribution in [0.25, 0.3) is 0 Å². The summed E-state index contributed by atoms with van der Waals surface area (Å²) < 4.78 is 40.9. The Morgan fingerprint density at radius 2 is 1.85 bits per heavy atom. The highest BCUT2D eigenvalue weighted by Crippen LogP contribution is 2.24. The maximum Gasteiger partial charge on any atom is 0.264 e. The number of benzene rings is 2. The second-order valence-corrected chi connectivity index (χ2v) is 8.95. The van der Waals surface area contributed by atoms with Crippen LogP contribution < -0.4 is 10.2 Å². The lowest BCUT2D eigenvalue weighted by molar-refractivity contribution is -0.131. The Morgan fingerprint density at radius 1 is 1.19 bits per heavy atom. The zero-order valence-electron chi connectivity index (χ0n) is 15.1. The zero-order chi connectivity index (χ0) is 20.1. The molecule has 1 unspecified atom stereocenters. The maximum atomic E-state index is 13.2. The van der Waals surface area contributed by atoms with Crippen LogP contribution in [0.4, 0.5) is 4.39 Å². The molecule has 0 bridgehead atoms. The molecule has 0 heterocycles. The van der Waals surface area contributed by atoms with Crippen molar-refractivity contribution in [3.8, 4) is 5.75 Å². The van der Waals surface area contributed by atoms with Gasteiger partial charge in [-0.05, 0) is 55.2 Å². The molecule has 0 radical (unpaired) electrons. The van der Waals surface area contributed by atoms with Gasteiger partial charge >= 0.3 is 0 Å². The smallest absolute Gasteiger partial charge is 0.264 e. The number of halogens is 1. The number of nitrogens with one attached hydrogen (secondary N) is 1. The molecular formula is C19H22FNO5S. The van der Waals surface area contributed by atoms with Crippen molar-refractivity contribution >= 4 is 15.7 Å². The second-order valence-electron chi connectivity index (χ2n) is 6.51. The van der Waals surface area contributed by atoms with Gasteiger partial charge in [0.05, 0.1) is 0 Å². The molecular weight excluding hydrogens is 373 g/mol. The van der Waals surface area contributed by atoms with E-state index < -0.39 is 20.5 Å². The molecule has 0 aliphatic carbocycles. The van der Waals surface area contributed by atoms with E-state index in [0.717, 1.165) is 11.8 Å². The standard InChI is InChI=1S/C19H22FNO5S/c1-19(18(22)21-23,27(2,24)25)11-10-14-6-8-17(9-7-14)26-13-15-4-3-5-16(20)12-15/h3-9,12,23H,10-11,13H2,1-2H3,(H,21,22). The number of ether oxygens (including phenoxy) is 1. The van der Waals surface area contributed by atoms with Gasteiger partial charge in [-0.25, -0.2) is 18.3 Å². The van der Waals surface area contributed by atoms with E-state index in [-0.39, 0.29) is 18.8 Å². The number of sulfone groups is 1. The minimum atomic E-state index is -3.72. The van der Waals surface area contributed by atoms with Crippen molar-refractivity contribution in [1.29, 1.82) is 0 Å². The highest BCUT2D eigenvalue weighted by Gasteiger charge is 2.43. The minimum Gasteiger partial charge on any atom is -0.489 e. The Bertz CT molecular complexity index is 899. The Labute approximate surface area is 157 Å². The summed E-state index contributed by atoms with van der Waals surface area (Å²) in [5, 5.41) is 8.83. The summed E-state index contributed by atoms with van der Waals surface area (Å²) in [7, 11) is -3.72. The fourth-order valence-corrected chi connectivity index (χ4v) is 3.37. The summed E-state index contributed by atoms with van der Waals surface area (Å²) in [6.45, 7) is 1.50. The monoisotopic (exact) mass is 395 g/mol.